The second-order valence-electron chi connectivity index (χ2n) is 9.09. The monoisotopic (exact) mass is 477 g/mol. The van der Waals surface area contributed by atoms with Crippen molar-refractivity contribution in [3.05, 3.63) is 119 Å². The molecule has 5 heteroatoms. The Morgan fingerprint density at radius 2 is 1.36 bits per heavy atom. The van der Waals surface area contributed by atoms with Crippen molar-refractivity contribution in [2.24, 2.45) is 0 Å². The predicted octanol–water partition coefficient (Wildman–Crippen LogP) is 6.20. The van der Waals surface area contributed by atoms with Crippen molar-refractivity contribution < 1.29 is 19.4 Å². The van der Waals surface area contributed by atoms with Crippen LogP contribution >= 0.6 is 0 Å². The van der Waals surface area contributed by atoms with Gasteiger partial charge in [0.1, 0.15) is 12.6 Å². The van der Waals surface area contributed by atoms with E-state index in [1.54, 1.807) is 0 Å². The highest BCUT2D eigenvalue weighted by molar-refractivity contribution is 5.82. The second kappa shape index (κ2) is 10.1. The van der Waals surface area contributed by atoms with Gasteiger partial charge in [-0.2, -0.15) is 0 Å². The standard InChI is InChI=1S/C31H27NO4/c1-20-14-16-21(17-15-20)23-9-3-2-8-22(23)18-29(30(33)34)32-31(35)36-19-28-26-12-6-4-10-24(26)25-11-5-7-13-27(25)28/h2-17,28-29H,18-19H2,1H3,(H,32,35)(H,33,34). The van der Waals surface area contributed by atoms with Gasteiger partial charge < -0.3 is 15.2 Å². The van der Waals surface area contributed by atoms with Crippen LogP contribution in [0.3, 0.4) is 0 Å². The SMILES string of the molecule is Cc1ccc(-c2ccccc2CC(NC(=O)OCC2c3ccccc3-c3ccccc32)C(=O)O)cc1. The summed E-state index contributed by atoms with van der Waals surface area (Å²) < 4.78 is 5.57. The number of hydrogen-bond donors (Lipinski definition) is 2. The number of amides is 1. The summed E-state index contributed by atoms with van der Waals surface area (Å²) in [7, 11) is 0. The molecular formula is C31H27NO4. The molecule has 1 amide bonds. The molecular weight excluding hydrogens is 450 g/mol. The highest BCUT2D eigenvalue weighted by atomic mass is 16.5. The molecule has 0 radical (unpaired) electrons. The zero-order valence-corrected chi connectivity index (χ0v) is 20.0. The molecule has 0 aromatic heterocycles. The summed E-state index contributed by atoms with van der Waals surface area (Å²) in [5, 5.41) is 12.4. The molecule has 0 spiro atoms. The molecule has 0 fully saturated rings. The molecule has 5 nitrogen and oxygen atoms in total. The summed E-state index contributed by atoms with van der Waals surface area (Å²) in [6.45, 7) is 2.15. The first-order chi connectivity index (χ1) is 17.5. The number of hydrogen-bond acceptors (Lipinski definition) is 3. The molecule has 0 aliphatic heterocycles. The van der Waals surface area contributed by atoms with Gasteiger partial charge in [0.05, 0.1) is 0 Å². The number of aliphatic carboxylic acids is 1. The molecule has 0 saturated carbocycles. The van der Waals surface area contributed by atoms with Gasteiger partial charge in [-0.3, -0.25) is 0 Å². The Labute approximate surface area is 210 Å². The minimum atomic E-state index is -1.12. The largest absolute Gasteiger partial charge is 0.480 e. The maximum Gasteiger partial charge on any atom is 0.407 e. The number of ether oxygens (including phenoxy) is 1. The topological polar surface area (TPSA) is 75.6 Å². The number of fused-ring (bicyclic) bond motifs is 3. The smallest absolute Gasteiger partial charge is 0.407 e. The van der Waals surface area contributed by atoms with E-state index in [-0.39, 0.29) is 18.9 Å². The number of aryl methyl sites for hydroxylation is 1. The van der Waals surface area contributed by atoms with Crippen LogP contribution in [0.5, 0.6) is 0 Å². The van der Waals surface area contributed by atoms with Crippen LogP contribution in [-0.2, 0) is 16.0 Å². The number of carbonyl (C=O) groups is 2. The fraction of sp³-hybridized carbons (Fsp3) is 0.161. The number of carbonyl (C=O) groups excluding carboxylic acids is 1. The first-order valence-corrected chi connectivity index (χ1v) is 12.0. The van der Waals surface area contributed by atoms with E-state index in [1.807, 2.05) is 91.9 Å². The lowest BCUT2D eigenvalue weighted by Crippen LogP contribution is -2.43. The van der Waals surface area contributed by atoms with Gasteiger partial charge in [-0.15, -0.1) is 0 Å². The van der Waals surface area contributed by atoms with Crippen LogP contribution in [0.25, 0.3) is 22.3 Å². The van der Waals surface area contributed by atoms with Gasteiger partial charge in [-0.1, -0.05) is 103 Å². The minimum absolute atomic E-state index is 0.0892. The Balaban J connectivity index is 1.29. The lowest BCUT2D eigenvalue weighted by molar-refractivity contribution is -0.139. The molecule has 180 valence electrons. The predicted molar refractivity (Wildman–Crippen MR) is 140 cm³/mol. The van der Waals surface area contributed by atoms with Gasteiger partial charge in [0, 0.05) is 12.3 Å². The van der Waals surface area contributed by atoms with Crippen molar-refractivity contribution in [2.45, 2.75) is 25.3 Å². The molecule has 0 bridgehead atoms. The molecule has 1 aliphatic carbocycles. The van der Waals surface area contributed by atoms with Gasteiger partial charge >= 0.3 is 12.1 Å². The lowest BCUT2D eigenvalue weighted by atomic mass is 9.94. The van der Waals surface area contributed by atoms with E-state index in [0.717, 1.165) is 44.5 Å². The molecule has 2 N–H and O–H groups in total. The van der Waals surface area contributed by atoms with Gasteiger partial charge in [-0.25, -0.2) is 9.59 Å². The zero-order valence-electron chi connectivity index (χ0n) is 20.0. The van der Waals surface area contributed by atoms with Crippen LogP contribution in [0.15, 0.2) is 97.1 Å². The average molecular weight is 478 g/mol. The second-order valence-corrected chi connectivity index (χ2v) is 9.09. The molecule has 1 unspecified atom stereocenters. The van der Waals surface area contributed by atoms with Crippen molar-refractivity contribution in [1.82, 2.24) is 5.32 Å². The third kappa shape index (κ3) is 4.73. The summed E-state index contributed by atoms with van der Waals surface area (Å²) >= 11 is 0. The Morgan fingerprint density at radius 3 is 1.97 bits per heavy atom. The third-order valence-electron chi connectivity index (χ3n) is 6.74. The van der Waals surface area contributed by atoms with Crippen LogP contribution in [0.1, 0.15) is 28.2 Å². The molecule has 1 aliphatic rings. The molecule has 5 rings (SSSR count). The minimum Gasteiger partial charge on any atom is -0.480 e. The number of rotatable bonds is 7. The number of benzene rings is 4. The highest BCUT2D eigenvalue weighted by Crippen LogP contribution is 2.44. The normalized spacial score (nSPS) is 12.9. The maximum atomic E-state index is 12.7. The van der Waals surface area contributed by atoms with Crippen LogP contribution in [0.4, 0.5) is 4.79 Å². The molecule has 0 heterocycles. The van der Waals surface area contributed by atoms with Crippen molar-refractivity contribution in [1.29, 1.82) is 0 Å². The first kappa shape index (κ1) is 23.4. The Hall–Kier alpha value is -4.38. The molecule has 4 aromatic rings. The molecule has 4 aromatic carbocycles. The van der Waals surface area contributed by atoms with Gasteiger partial charge in [0.2, 0.25) is 0 Å². The molecule has 1 atom stereocenters. The lowest BCUT2D eigenvalue weighted by Gasteiger charge is -2.19. The van der Waals surface area contributed by atoms with E-state index in [9.17, 15) is 14.7 Å². The van der Waals surface area contributed by atoms with Crippen molar-refractivity contribution in [2.75, 3.05) is 6.61 Å². The van der Waals surface area contributed by atoms with Crippen LogP contribution in [0.2, 0.25) is 0 Å². The van der Waals surface area contributed by atoms with E-state index >= 15 is 0 Å². The van der Waals surface area contributed by atoms with Gasteiger partial charge in [-0.05, 0) is 45.9 Å². The van der Waals surface area contributed by atoms with Gasteiger partial charge in [0.15, 0.2) is 0 Å². The van der Waals surface area contributed by atoms with Gasteiger partial charge in [0.25, 0.3) is 0 Å². The fourth-order valence-corrected chi connectivity index (χ4v) is 4.92. The van der Waals surface area contributed by atoms with E-state index in [4.69, 9.17) is 4.74 Å². The average Bonchev–Trinajstić information content (AvgIpc) is 3.21. The third-order valence-corrected chi connectivity index (χ3v) is 6.74. The van der Waals surface area contributed by atoms with Crippen molar-refractivity contribution in [3.63, 3.8) is 0 Å². The fourth-order valence-electron chi connectivity index (χ4n) is 4.92. The Kier molecular flexibility index (Phi) is 6.54. The number of carboxylic acids is 1. The Morgan fingerprint density at radius 1 is 0.806 bits per heavy atom. The summed E-state index contributed by atoms with van der Waals surface area (Å²) in [5.74, 6) is -1.20. The summed E-state index contributed by atoms with van der Waals surface area (Å²) in [6, 6.07) is 30.8. The van der Waals surface area contributed by atoms with Crippen molar-refractivity contribution in [3.8, 4) is 22.3 Å². The number of carboxylic acid groups (broad SMARTS) is 1. The van der Waals surface area contributed by atoms with Crippen LogP contribution in [-0.4, -0.2) is 29.8 Å². The summed E-state index contributed by atoms with van der Waals surface area (Å²) in [5.41, 5.74) is 8.42. The summed E-state index contributed by atoms with van der Waals surface area (Å²) in [6.07, 6.45) is -0.596. The summed E-state index contributed by atoms with van der Waals surface area (Å²) in [4.78, 5) is 24.8. The van der Waals surface area contributed by atoms with E-state index < -0.39 is 18.1 Å². The van der Waals surface area contributed by atoms with E-state index in [0.29, 0.717) is 0 Å². The Bertz CT molecular complexity index is 1360. The molecule has 0 saturated heterocycles. The number of nitrogens with one attached hydrogen (secondary N) is 1. The first-order valence-electron chi connectivity index (χ1n) is 12.0. The molecule has 36 heavy (non-hydrogen) atoms. The highest BCUT2D eigenvalue weighted by Gasteiger charge is 2.30. The maximum absolute atomic E-state index is 12.7. The van der Waals surface area contributed by atoms with E-state index in [1.165, 1.54) is 0 Å². The van der Waals surface area contributed by atoms with Crippen LogP contribution in [0, 0.1) is 6.92 Å². The van der Waals surface area contributed by atoms with Crippen LogP contribution < -0.4 is 5.32 Å². The quantitative estimate of drug-likeness (QED) is 0.332. The van der Waals surface area contributed by atoms with Crippen molar-refractivity contribution >= 4 is 12.1 Å². The zero-order chi connectivity index (χ0) is 25.1. The van der Waals surface area contributed by atoms with E-state index in [2.05, 4.69) is 17.4 Å². The number of alkyl carbamates (subject to hydrolysis) is 1.